The fraction of sp³-hybridized carbons (Fsp3) is 0.154. The summed E-state index contributed by atoms with van der Waals surface area (Å²) >= 11 is 1.32. The third kappa shape index (κ3) is 3.56. The minimum Gasteiger partial charge on any atom is -0.506 e. The Morgan fingerprint density at radius 3 is 2.81 bits per heavy atom. The third-order valence-corrected chi connectivity index (χ3v) is 3.54. The van der Waals surface area contributed by atoms with Gasteiger partial charge in [0.15, 0.2) is 0 Å². The molecule has 1 aromatic carbocycles. The van der Waals surface area contributed by atoms with Crippen molar-refractivity contribution >= 4 is 28.9 Å². The number of nitrogens with one attached hydrogen (secondary N) is 1. The lowest BCUT2D eigenvalue weighted by Crippen LogP contribution is -2.13. The maximum absolute atomic E-state index is 12.0. The monoisotopic (exact) mass is 307 g/mol. The van der Waals surface area contributed by atoms with Gasteiger partial charge in [0.2, 0.25) is 0 Å². The summed E-state index contributed by atoms with van der Waals surface area (Å²) in [5.41, 5.74) is 5.59. The molecule has 0 spiro atoms. The lowest BCUT2D eigenvalue weighted by atomic mass is 10.2. The summed E-state index contributed by atoms with van der Waals surface area (Å²) in [5.74, 6) is -1.89. The van der Waals surface area contributed by atoms with E-state index in [2.05, 4.69) is 10.3 Å². The molecule has 7 nitrogen and oxygen atoms in total. The minimum atomic E-state index is -1.15. The van der Waals surface area contributed by atoms with E-state index >= 15 is 0 Å². The number of thiazole rings is 1. The first-order valence-corrected chi connectivity index (χ1v) is 6.91. The van der Waals surface area contributed by atoms with Crippen molar-refractivity contribution in [3.8, 4) is 5.75 Å². The first kappa shape index (κ1) is 14.9. The molecule has 0 saturated heterocycles. The van der Waals surface area contributed by atoms with E-state index in [4.69, 9.17) is 10.8 Å². The van der Waals surface area contributed by atoms with Gasteiger partial charge in [-0.05, 0) is 24.7 Å². The van der Waals surface area contributed by atoms with Gasteiger partial charge in [-0.25, -0.2) is 9.78 Å². The second kappa shape index (κ2) is 6.33. The number of phenolic OH excluding ortho intramolecular Hbond substituents is 1. The van der Waals surface area contributed by atoms with Crippen molar-refractivity contribution < 1.29 is 19.8 Å². The average Bonchev–Trinajstić information content (AvgIpc) is 2.90. The molecule has 5 N–H and O–H groups in total. The van der Waals surface area contributed by atoms with Crippen LogP contribution in [0.1, 0.15) is 25.9 Å². The largest absolute Gasteiger partial charge is 0.506 e. The van der Waals surface area contributed by atoms with E-state index < -0.39 is 11.9 Å². The fourth-order valence-electron chi connectivity index (χ4n) is 1.61. The van der Waals surface area contributed by atoms with Gasteiger partial charge in [-0.15, -0.1) is 11.3 Å². The number of nitrogens with two attached hydrogens (primary N) is 1. The predicted molar refractivity (Wildman–Crippen MR) is 77.9 cm³/mol. The number of carbonyl (C=O) groups excluding carboxylic acids is 1. The van der Waals surface area contributed by atoms with E-state index in [1.165, 1.54) is 29.5 Å². The van der Waals surface area contributed by atoms with Gasteiger partial charge in [0, 0.05) is 11.8 Å². The summed E-state index contributed by atoms with van der Waals surface area (Å²) in [7, 11) is 0. The molecule has 0 aliphatic rings. The van der Waals surface area contributed by atoms with Crippen LogP contribution in [-0.2, 0) is 6.42 Å². The smallest absolute Gasteiger partial charge is 0.335 e. The summed E-state index contributed by atoms with van der Waals surface area (Å²) < 4.78 is 0. The zero-order valence-electron chi connectivity index (χ0n) is 10.9. The molecule has 0 aliphatic carbocycles. The lowest BCUT2D eigenvalue weighted by molar-refractivity contribution is 0.0696. The van der Waals surface area contributed by atoms with Crippen LogP contribution in [0.5, 0.6) is 5.75 Å². The number of aromatic hydroxyl groups is 1. The molecule has 2 rings (SSSR count). The van der Waals surface area contributed by atoms with Crippen LogP contribution in [0, 0.1) is 0 Å². The van der Waals surface area contributed by atoms with E-state index in [1.807, 2.05) is 0 Å². The average molecular weight is 307 g/mol. The van der Waals surface area contributed by atoms with Crippen molar-refractivity contribution in [3.05, 3.63) is 39.8 Å². The summed E-state index contributed by atoms with van der Waals surface area (Å²) in [6.45, 7) is 0.440. The topological polar surface area (TPSA) is 126 Å². The number of benzene rings is 1. The van der Waals surface area contributed by atoms with Crippen LogP contribution in [0.4, 0.5) is 5.69 Å². The van der Waals surface area contributed by atoms with E-state index in [0.29, 0.717) is 13.0 Å². The number of anilines is 1. The van der Waals surface area contributed by atoms with E-state index in [-0.39, 0.29) is 22.7 Å². The molecule has 0 saturated carbocycles. The third-order valence-electron chi connectivity index (χ3n) is 2.63. The quantitative estimate of drug-likeness (QED) is 0.617. The Kier molecular flexibility index (Phi) is 4.51. The molecule has 1 heterocycles. The molecule has 1 amide bonds. The van der Waals surface area contributed by atoms with E-state index in [1.54, 1.807) is 5.38 Å². The molecular formula is C13H13N3O4S. The zero-order valence-corrected chi connectivity index (χ0v) is 11.7. The van der Waals surface area contributed by atoms with Gasteiger partial charge in [0.1, 0.15) is 11.4 Å². The number of carboxylic acids is 1. The highest BCUT2D eigenvalue weighted by Crippen LogP contribution is 2.25. The fourth-order valence-corrected chi connectivity index (χ4v) is 2.40. The Morgan fingerprint density at radius 1 is 1.38 bits per heavy atom. The number of nitrogens with zero attached hydrogens (tertiary/aromatic N) is 1. The predicted octanol–water partition coefficient (Wildman–Crippen LogP) is 1.30. The maximum Gasteiger partial charge on any atom is 0.335 e. The molecule has 2 aromatic rings. The van der Waals surface area contributed by atoms with Gasteiger partial charge in [-0.3, -0.25) is 4.79 Å². The number of carboxylic acid groups (broad SMARTS) is 1. The molecule has 1 aromatic heterocycles. The number of rotatable bonds is 5. The Bertz CT molecular complexity index is 684. The second-order valence-electron chi connectivity index (χ2n) is 4.16. The van der Waals surface area contributed by atoms with Gasteiger partial charge in [0.25, 0.3) is 5.91 Å². The Balaban J connectivity index is 2.18. The van der Waals surface area contributed by atoms with Crippen molar-refractivity contribution in [1.29, 1.82) is 0 Å². The lowest BCUT2D eigenvalue weighted by Gasteiger charge is -2.06. The second-order valence-corrected chi connectivity index (χ2v) is 5.10. The molecule has 0 fully saturated rings. The summed E-state index contributed by atoms with van der Waals surface area (Å²) in [5, 5.41) is 23.3. The minimum absolute atomic E-state index is 0.0216. The van der Waals surface area contributed by atoms with Crippen molar-refractivity contribution in [2.45, 2.75) is 6.42 Å². The molecule has 8 heteroatoms. The molecule has 0 aliphatic heterocycles. The number of aromatic nitrogens is 1. The van der Waals surface area contributed by atoms with Gasteiger partial charge in [0.05, 0.1) is 16.3 Å². The van der Waals surface area contributed by atoms with Gasteiger partial charge in [-0.1, -0.05) is 0 Å². The summed E-state index contributed by atoms with van der Waals surface area (Å²) in [6, 6.07) is 3.64. The molecule has 0 unspecified atom stereocenters. The number of aromatic carboxylic acids is 1. The first-order chi connectivity index (χ1) is 10.0. The van der Waals surface area contributed by atoms with E-state index in [0.717, 1.165) is 5.01 Å². The summed E-state index contributed by atoms with van der Waals surface area (Å²) in [4.78, 5) is 27.0. The molecule has 0 bridgehead atoms. The normalized spacial score (nSPS) is 10.3. The first-order valence-electron chi connectivity index (χ1n) is 6.03. The molecular weight excluding hydrogens is 294 g/mol. The Morgan fingerprint density at radius 2 is 2.14 bits per heavy atom. The van der Waals surface area contributed by atoms with Crippen LogP contribution < -0.4 is 11.1 Å². The molecule has 0 radical (unpaired) electrons. The standard InChI is InChI=1S/C13H13N3O4S/c14-4-3-11-15-9(6-21-11)12(18)16-8-5-7(13(19)20)1-2-10(8)17/h1-2,5-6,17H,3-4,14H2,(H,16,18)(H,19,20). The number of amides is 1. The molecule has 110 valence electrons. The number of carbonyl (C=O) groups is 2. The van der Waals surface area contributed by atoms with Crippen LogP contribution in [0.2, 0.25) is 0 Å². The Labute approximate surface area is 124 Å². The van der Waals surface area contributed by atoms with E-state index in [9.17, 15) is 14.7 Å². The maximum atomic E-state index is 12.0. The molecule has 21 heavy (non-hydrogen) atoms. The summed E-state index contributed by atoms with van der Waals surface area (Å²) in [6.07, 6.45) is 0.581. The van der Waals surface area contributed by atoms with Crippen LogP contribution in [0.3, 0.4) is 0 Å². The molecule has 0 atom stereocenters. The Hall–Kier alpha value is -2.45. The highest BCUT2D eigenvalue weighted by atomic mass is 32.1. The highest BCUT2D eigenvalue weighted by Gasteiger charge is 2.14. The van der Waals surface area contributed by atoms with Gasteiger partial charge < -0.3 is 21.3 Å². The van der Waals surface area contributed by atoms with Crippen molar-refractivity contribution in [3.63, 3.8) is 0 Å². The van der Waals surface area contributed by atoms with Crippen molar-refractivity contribution in [2.24, 2.45) is 5.73 Å². The van der Waals surface area contributed by atoms with Crippen molar-refractivity contribution in [2.75, 3.05) is 11.9 Å². The number of phenols is 1. The van der Waals surface area contributed by atoms with Crippen LogP contribution in [0.15, 0.2) is 23.6 Å². The SMILES string of the molecule is NCCc1nc(C(=O)Nc2cc(C(=O)O)ccc2O)cs1. The number of hydrogen-bond donors (Lipinski definition) is 4. The van der Waals surface area contributed by atoms with Crippen molar-refractivity contribution in [1.82, 2.24) is 4.98 Å². The zero-order chi connectivity index (χ0) is 15.4. The number of hydrogen-bond acceptors (Lipinski definition) is 6. The van der Waals surface area contributed by atoms with Gasteiger partial charge in [-0.2, -0.15) is 0 Å². The van der Waals surface area contributed by atoms with Crippen LogP contribution in [0.25, 0.3) is 0 Å². The van der Waals surface area contributed by atoms with Crippen LogP contribution >= 0.6 is 11.3 Å². The van der Waals surface area contributed by atoms with Crippen LogP contribution in [-0.4, -0.2) is 33.6 Å². The van der Waals surface area contributed by atoms with Gasteiger partial charge >= 0.3 is 5.97 Å². The highest BCUT2D eigenvalue weighted by molar-refractivity contribution is 7.09.